The summed E-state index contributed by atoms with van der Waals surface area (Å²) in [6, 6.07) is 5.40. The van der Waals surface area contributed by atoms with E-state index in [-0.39, 0.29) is 18.2 Å². The lowest BCUT2D eigenvalue weighted by atomic mass is 10.1. The first-order valence-corrected chi connectivity index (χ1v) is 4.80. The van der Waals surface area contributed by atoms with Crippen LogP contribution >= 0.6 is 0 Å². The minimum atomic E-state index is -0.514. The van der Waals surface area contributed by atoms with E-state index in [1.165, 1.54) is 12.1 Å². The molecule has 0 spiro atoms. The summed E-state index contributed by atoms with van der Waals surface area (Å²) in [4.78, 5) is 11.1. The first-order chi connectivity index (χ1) is 7.13. The number of halogens is 1. The fourth-order valence-electron chi connectivity index (χ4n) is 1.25. The van der Waals surface area contributed by atoms with Crippen LogP contribution in [0.15, 0.2) is 24.3 Å². The molecule has 1 atom stereocenters. The standard InChI is InChI=1S/C11H14FNO2/c1-2-15-11(14)7-10(13)8-4-3-5-9(12)6-8/h3-6,10H,2,7,13H2,1H3/t10-/m0/s1. The molecular weight excluding hydrogens is 197 g/mol. The minimum absolute atomic E-state index is 0.0668. The third-order valence-electron chi connectivity index (χ3n) is 1.97. The number of hydrogen-bond acceptors (Lipinski definition) is 3. The van der Waals surface area contributed by atoms with Gasteiger partial charge < -0.3 is 10.5 Å². The van der Waals surface area contributed by atoms with Crippen molar-refractivity contribution < 1.29 is 13.9 Å². The summed E-state index contributed by atoms with van der Waals surface area (Å²) in [6.45, 7) is 2.06. The molecule has 0 radical (unpaired) electrons. The maximum absolute atomic E-state index is 12.8. The molecule has 0 aliphatic carbocycles. The zero-order valence-electron chi connectivity index (χ0n) is 8.57. The number of ether oxygens (including phenoxy) is 1. The van der Waals surface area contributed by atoms with Crippen LogP contribution in [0.3, 0.4) is 0 Å². The van der Waals surface area contributed by atoms with E-state index >= 15 is 0 Å². The van der Waals surface area contributed by atoms with E-state index in [9.17, 15) is 9.18 Å². The zero-order valence-corrected chi connectivity index (χ0v) is 8.57. The van der Waals surface area contributed by atoms with E-state index in [1.807, 2.05) is 0 Å². The van der Waals surface area contributed by atoms with Crippen LogP contribution in [0.4, 0.5) is 4.39 Å². The van der Waals surface area contributed by atoms with Crippen LogP contribution in [0.2, 0.25) is 0 Å². The molecule has 1 rings (SSSR count). The molecule has 0 aliphatic rings. The molecular formula is C11H14FNO2. The molecule has 0 amide bonds. The number of esters is 1. The van der Waals surface area contributed by atoms with Crippen molar-refractivity contribution in [3.63, 3.8) is 0 Å². The third kappa shape index (κ3) is 3.67. The molecule has 3 nitrogen and oxygen atoms in total. The lowest BCUT2D eigenvalue weighted by Crippen LogP contribution is -2.17. The lowest BCUT2D eigenvalue weighted by Gasteiger charge is -2.10. The van der Waals surface area contributed by atoms with Gasteiger partial charge in [-0.2, -0.15) is 0 Å². The summed E-state index contributed by atoms with van der Waals surface area (Å²) in [5.74, 6) is -0.721. The first-order valence-electron chi connectivity index (χ1n) is 4.80. The van der Waals surface area contributed by atoms with Crippen molar-refractivity contribution in [2.75, 3.05) is 6.61 Å². The van der Waals surface area contributed by atoms with E-state index in [1.54, 1.807) is 19.1 Å². The van der Waals surface area contributed by atoms with Gasteiger partial charge >= 0.3 is 5.97 Å². The monoisotopic (exact) mass is 211 g/mol. The topological polar surface area (TPSA) is 52.3 Å². The van der Waals surface area contributed by atoms with Crippen LogP contribution in [-0.2, 0) is 9.53 Å². The quantitative estimate of drug-likeness (QED) is 0.772. The number of carbonyl (C=O) groups excluding carboxylic acids is 1. The Bertz CT molecular complexity index is 341. The highest BCUT2D eigenvalue weighted by Gasteiger charge is 2.12. The van der Waals surface area contributed by atoms with Crippen LogP contribution < -0.4 is 5.73 Å². The van der Waals surface area contributed by atoms with Crippen LogP contribution in [0.25, 0.3) is 0 Å². The second kappa shape index (κ2) is 5.46. The van der Waals surface area contributed by atoms with Crippen molar-refractivity contribution in [2.45, 2.75) is 19.4 Å². The van der Waals surface area contributed by atoms with Crippen LogP contribution in [0, 0.1) is 5.82 Å². The summed E-state index contributed by atoms with van der Waals surface area (Å²) < 4.78 is 17.6. The van der Waals surface area contributed by atoms with Crippen molar-refractivity contribution in [2.24, 2.45) is 5.73 Å². The number of benzene rings is 1. The number of nitrogens with two attached hydrogens (primary N) is 1. The highest BCUT2D eigenvalue weighted by molar-refractivity contribution is 5.70. The van der Waals surface area contributed by atoms with E-state index in [2.05, 4.69) is 0 Å². The molecule has 0 saturated carbocycles. The van der Waals surface area contributed by atoms with Gasteiger partial charge in [-0.1, -0.05) is 12.1 Å². The van der Waals surface area contributed by atoms with Crippen LogP contribution in [-0.4, -0.2) is 12.6 Å². The Hall–Kier alpha value is -1.42. The van der Waals surface area contributed by atoms with Crippen molar-refractivity contribution in [1.82, 2.24) is 0 Å². The number of rotatable bonds is 4. The number of carbonyl (C=O) groups is 1. The van der Waals surface area contributed by atoms with Crippen molar-refractivity contribution in [3.8, 4) is 0 Å². The van der Waals surface area contributed by atoms with Gasteiger partial charge in [0.1, 0.15) is 5.82 Å². The molecule has 0 fully saturated rings. The average Bonchev–Trinajstić information content (AvgIpc) is 2.18. The minimum Gasteiger partial charge on any atom is -0.466 e. The molecule has 2 N–H and O–H groups in total. The zero-order chi connectivity index (χ0) is 11.3. The SMILES string of the molecule is CCOC(=O)C[C@H](N)c1cccc(F)c1. The van der Waals surface area contributed by atoms with Gasteiger partial charge in [0.15, 0.2) is 0 Å². The third-order valence-corrected chi connectivity index (χ3v) is 1.97. The number of hydrogen-bond donors (Lipinski definition) is 1. The summed E-state index contributed by atoms with van der Waals surface area (Å²) in [5, 5.41) is 0. The van der Waals surface area contributed by atoms with E-state index in [4.69, 9.17) is 10.5 Å². The Labute approximate surface area is 88.0 Å². The summed E-state index contributed by atoms with van der Waals surface area (Å²) >= 11 is 0. The molecule has 0 unspecified atom stereocenters. The Morgan fingerprint density at radius 3 is 2.93 bits per heavy atom. The average molecular weight is 211 g/mol. The molecule has 0 bridgehead atoms. The molecule has 1 aromatic carbocycles. The fourth-order valence-corrected chi connectivity index (χ4v) is 1.25. The normalized spacial score (nSPS) is 12.2. The Morgan fingerprint density at radius 2 is 2.33 bits per heavy atom. The smallest absolute Gasteiger partial charge is 0.307 e. The predicted molar refractivity (Wildman–Crippen MR) is 54.6 cm³/mol. The largest absolute Gasteiger partial charge is 0.466 e. The summed E-state index contributed by atoms with van der Waals surface area (Å²) in [7, 11) is 0. The Morgan fingerprint density at radius 1 is 1.60 bits per heavy atom. The molecule has 1 aromatic rings. The van der Waals surface area contributed by atoms with Gasteiger partial charge in [-0.15, -0.1) is 0 Å². The summed E-state index contributed by atoms with van der Waals surface area (Å²) in [5.41, 5.74) is 6.33. The first kappa shape index (κ1) is 11.7. The van der Waals surface area contributed by atoms with Crippen molar-refractivity contribution in [1.29, 1.82) is 0 Å². The second-order valence-electron chi connectivity index (χ2n) is 3.17. The Balaban J connectivity index is 2.60. The van der Waals surface area contributed by atoms with Gasteiger partial charge in [0.2, 0.25) is 0 Å². The molecule has 82 valence electrons. The maximum atomic E-state index is 12.8. The van der Waals surface area contributed by atoms with E-state index in [0.29, 0.717) is 12.2 Å². The lowest BCUT2D eigenvalue weighted by molar-refractivity contribution is -0.143. The molecule has 0 heterocycles. The van der Waals surface area contributed by atoms with Gasteiger partial charge in [-0.05, 0) is 24.6 Å². The molecule has 15 heavy (non-hydrogen) atoms. The van der Waals surface area contributed by atoms with Gasteiger partial charge in [-0.25, -0.2) is 4.39 Å². The van der Waals surface area contributed by atoms with Gasteiger partial charge in [-0.3, -0.25) is 4.79 Å². The van der Waals surface area contributed by atoms with Crippen molar-refractivity contribution >= 4 is 5.97 Å². The molecule has 0 aromatic heterocycles. The second-order valence-corrected chi connectivity index (χ2v) is 3.17. The molecule has 0 saturated heterocycles. The van der Waals surface area contributed by atoms with E-state index < -0.39 is 6.04 Å². The summed E-state index contributed by atoms with van der Waals surface area (Å²) in [6.07, 6.45) is 0.0668. The van der Waals surface area contributed by atoms with Gasteiger partial charge in [0.25, 0.3) is 0 Å². The Kier molecular flexibility index (Phi) is 4.24. The fraction of sp³-hybridized carbons (Fsp3) is 0.364. The van der Waals surface area contributed by atoms with Gasteiger partial charge in [0, 0.05) is 6.04 Å². The molecule has 0 aliphatic heterocycles. The van der Waals surface area contributed by atoms with Gasteiger partial charge in [0.05, 0.1) is 13.0 Å². The van der Waals surface area contributed by atoms with Crippen LogP contribution in [0.5, 0.6) is 0 Å². The maximum Gasteiger partial charge on any atom is 0.307 e. The predicted octanol–water partition coefficient (Wildman–Crippen LogP) is 1.78. The van der Waals surface area contributed by atoms with E-state index in [0.717, 1.165) is 0 Å². The van der Waals surface area contributed by atoms with Crippen molar-refractivity contribution in [3.05, 3.63) is 35.6 Å². The van der Waals surface area contributed by atoms with Crippen LogP contribution in [0.1, 0.15) is 24.9 Å². The molecule has 4 heteroatoms. The highest BCUT2D eigenvalue weighted by atomic mass is 19.1. The highest BCUT2D eigenvalue weighted by Crippen LogP contribution is 2.15.